The minimum Gasteiger partial charge on any atom is -0.477 e. The van der Waals surface area contributed by atoms with Crippen LogP contribution in [0.4, 0.5) is 0 Å². The van der Waals surface area contributed by atoms with E-state index in [1.165, 1.54) is 186 Å². The van der Waals surface area contributed by atoms with E-state index in [2.05, 4.69) is 62.5 Å². The molecule has 9 nitrogen and oxygen atoms in total. The van der Waals surface area contributed by atoms with Crippen molar-refractivity contribution in [2.75, 3.05) is 47.5 Å². The van der Waals surface area contributed by atoms with E-state index in [9.17, 15) is 19.5 Å². The van der Waals surface area contributed by atoms with E-state index in [-0.39, 0.29) is 32.2 Å². The highest BCUT2D eigenvalue weighted by Crippen LogP contribution is 2.17. The van der Waals surface area contributed by atoms with Crippen LogP contribution >= 0.6 is 0 Å². The summed E-state index contributed by atoms with van der Waals surface area (Å²) < 4.78 is 22.9. The summed E-state index contributed by atoms with van der Waals surface area (Å²) >= 11 is 0. The highest BCUT2D eigenvalue weighted by molar-refractivity contribution is 5.71. The Labute approximate surface area is 444 Å². The van der Waals surface area contributed by atoms with Crippen molar-refractivity contribution in [3.63, 3.8) is 0 Å². The van der Waals surface area contributed by atoms with Crippen LogP contribution in [0.15, 0.2) is 48.6 Å². The summed E-state index contributed by atoms with van der Waals surface area (Å²) in [4.78, 5) is 37.5. The van der Waals surface area contributed by atoms with Crippen molar-refractivity contribution in [1.29, 1.82) is 0 Å². The van der Waals surface area contributed by atoms with Crippen molar-refractivity contribution in [2.45, 2.75) is 289 Å². The zero-order chi connectivity index (χ0) is 52.7. The number of aliphatic carboxylic acids is 1. The van der Waals surface area contributed by atoms with Crippen molar-refractivity contribution in [3.8, 4) is 0 Å². The lowest BCUT2D eigenvalue weighted by Gasteiger charge is -2.25. The van der Waals surface area contributed by atoms with Crippen LogP contribution in [-0.2, 0) is 33.3 Å². The standard InChI is InChI=1S/C63H115NO8/c1-6-8-10-12-14-16-18-20-22-24-26-27-28-29-30-31-32-33-34-35-36-38-40-42-44-46-48-50-52-54-61(66)72-59(58-71-63(62(67)68)69-56-55-64(3,4)5)57-70-60(65)53-51-49-47-45-43-41-39-37-25-23-21-19-17-15-13-11-9-7-2/h8,10,14,16,20,22,26-27,59,63H,6-7,9,11-13,15,17-19,21,23-25,28-58H2,1-5H3/p+1/b10-8-,16-14-,22-20-,27-26-. The molecule has 2 atom stereocenters. The number of esters is 2. The van der Waals surface area contributed by atoms with Gasteiger partial charge in [-0.3, -0.25) is 9.59 Å². The molecule has 2 unspecified atom stereocenters. The Hall–Kier alpha value is -2.75. The van der Waals surface area contributed by atoms with Crippen LogP contribution in [0.3, 0.4) is 0 Å². The molecule has 0 aromatic carbocycles. The third kappa shape index (κ3) is 55.0. The van der Waals surface area contributed by atoms with Crippen molar-refractivity contribution in [2.24, 2.45) is 0 Å². The van der Waals surface area contributed by atoms with Gasteiger partial charge in [0, 0.05) is 12.8 Å². The second-order valence-corrected chi connectivity index (χ2v) is 21.6. The second-order valence-electron chi connectivity index (χ2n) is 21.6. The van der Waals surface area contributed by atoms with E-state index in [0.29, 0.717) is 17.4 Å². The molecule has 9 heteroatoms. The molecule has 0 bridgehead atoms. The first-order valence-corrected chi connectivity index (χ1v) is 30.3. The van der Waals surface area contributed by atoms with Gasteiger partial charge >= 0.3 is 17.9 Å². The molecule has 0 fully saturated rings. The lowest BCUT2D eigenvalue weighted by atomic mass is 10.0. The van der Waals surface area contributed by atoms with Gasteiger partial charge in [-0.2, -0.15) is 0 Å². The monoisotopic (exact) mass is 1010 g/mol. The molecule has 0 saturated carbocycles. The molecular formula is C63H116NO8+. The maximum absolute atomic E-state index is 12.9. The molecule has 0 amide bonds. The third-order valence-electron chi connectivity index (χ3n) is 13.3. The summed E-state index contributed by atoms with van der Waals surface area (Å²) in [5.41, 5.74) is 0. The summed E-state index contributed by atoms with van der Waals surface area (Å²) in [7, 11) is 5.98. The number of ether oxygens (including phenoxy) is 4. The number of hydrogen-bond donors (Lipinski definition) is 1. The molecule has 0 aliphatic carbocycles. The average molecular weight is 1020 g/mol. The number of quaternary nitrogens is 1. The predicted molar refractivity (Wildman–Crippen MR) is 304 cm³/mol. The van der Waals surface area contributed by atoms with E-state index >= 15 is 0 Å². The number of hydrogen-bond acceptors (Lipinski definition) is 7. The Morgan fingerprint density at radius 3 is 1.18 bits per heavy atom. The van der Waals surface area contributed by atoms with Gasteiger partial charge in [-0.15, -0.1) is 0 Å². The number of carbonyl (C=O) groups is 3. The first-order valence-electron chi connectivity index (χ1n) is 30.3. The summed E-state index contributed by atoms with van der Waals surface area (Å²) in [5.74, 6) is -1.99. The molecule has 0 aliphatic rings. The van der Waals surface area contributed by atoms with Gasteiger partial charge < -0.3 is 28.5 Å². The summed E-state index contributed by atoms with van der Waals surface area (Å²) in [6.45, 7) is 4.81. The Morgan fingerprint density at radius 1 is 0.431 bits per heavy atom. The third-order valence-corrected chi connectivity index (χ3v) is 13.3. The van der Waals surface area contributed by atoms with Crippen LogP contribution in [0.5, 0.6) is 0 Å². The average Bonchev–Trinajstić information content (AvgIpc) is 3.35. The molecule has 0 radical (unpaired) electrons. The fraction of sp³-hybridized carbons (Fsp3) is 0.825. The van der Waals surface area contributed by atoms with Crippen molar-refractivity contribution in [1.82, 2.24) is 0 Å². The van der Waals surface area contributed by atoms with Gasteiger partial charge in [-0.05, 0) is 51.4 Å². The quantitative estimate of drug-likeness (QED) is 0.0211. The molecule has 420 valence electrons. The van der Waals surface area contributed by atoms with Gasteiger partial charge in [0.15, 0.2) is 6.10 Å². The fourth-order valence-electron chi connectivity index (χ4n) is 8.71. The zero-order valence-corrected chi connectivity index (χ0v) is 47.8. The number of unbranched alkanes of at least 4 members (excludes halogenated alkanes) is 33. The molecule has 72 heavy (non-hydrogen) atoms. The minimum absolute atomic E-state index is 0.178. The second kappa shape index (κ2) is 54.5. The Morgan fingerprint density at radius 2 is 0.792 bits per heavy atom. The van der Waals surface area contributed by atoms with Crippen molar-refractivity contribution in [3.05, 3.63) is 48.6 Å². The number of rotatable bonds is 56. The molecular weight excluding hydrogens is 899 g/mol. The Bertz CT molecular complexity index is 1320. The molecule has 0 aromatic heterocycles. The smallest absolute Gasteiger partial charge is 0.361 e. The summed E-state index contributed by atoms with van der Waals surface area (Å²) in [5, 5.41) is 9.71. The molecule has 1 N–H and O–H groups in total. The minimum atomic E-state index is -1.51. The van der Waals surface area contributed by atoms with Crippen LogP contribution in [0.1, 0.15) is 277 Å². The number of allylic oxidation sites excluding steroid dienone is 8. The SMILES string of the molecule is CC/C=C\C/C=C\C/C=C\C/C=C\CCCCCCCCCCCCCCCCCCC(=O)OC(COC(=O)CCCCCCCCCCCCCCCCCCCC)COC(OCC[N+](C)(C)C)C(=O)O. The maximum atomic E-state index is 12.9. The Kier molecular flexibility index (Phi) is 52.4. The number of carboxylic acid groups (broad SMARTS) is 1. The van der Waals surface area contributed by atoms with E-state index < -0.39 is 24.3 Å². The lowest BCUT2D eigenvalue weighted by Crippen LogP contribution is -2.40. The zero-order valence-electron chi connectivity index (χ0n) is 47.8. The van der Waals surface area contributed by atoms with Crippen LogP contribution in [0.2, 0.25) is 0 Å². The number of carbonyl (C=O) groups excluding carboxylic acids is 2. The molecule has 0 aromatic rings. The number of carboxylic acids is 1. The highest BCUT2D eigenvalue weighted by Gasteiger charge is 2.25. The van der Waals surface area contributed by atoms with E-state index in [4.69, 9.17) is 18.9 Å². The Balaban J connectivity index is 4.15. The normalized spacial score (nSPS) is 13.1. The largest absolute Gasteiger partial charge is 0.477 e. The molecule has 0 spiro atoms. The predicted octanol–water partition coefficient (Wildman–Crippen LogP) is 17.9. The van der Waals surface area contributed by atoms with Gasteiger partial charge in [0.1, 0.15) is 13.2 Å². The molecule has 0 saturated heterocycles. The van der Waals surface area contributed by atoms with E-state index in [1.807, 2.05) is 21.1 Å². The first kappa shape index (κ1) is 69.2. The van der Waals surface area contributed by atoms with Crippen LogP contribution in [0.25, 0.3) is 0 Å². The van der Waals surface area contributed by atoms with E-state index in [0.717, 1.165) is 64.2 Å². The fourth-order valence-corrected chi connectivity index (χ4v) is 8.71. The van der Waals surface area contributed by atoms with Gasteiger partial charge in [0.05, 0.1) is 34.4 Å². The van der Waals surface area contributed by atoms with Crippen LogP contribution < -0.4 is 0 Å². The molecule has 0 heterocycles. The topological polar surface area (TPSA) is 108 Å². The van der Waals surface area contributed by atoms with Gasteiger partial charge in [0.25, 0.3) is 6.29 Å². The molecule has 0 rings (SSSR count). The summed E-state index contributed by atoms with van der Waals surface area (Å²) in [6, 6.07) is 0. The van der Waals surface area contributed by atoms with Crippen LogP contribution in [-0.4, -0.2) is 87.4 Å². The van der Waals surface area contributed by atoms with Crippen LogP contribution in [0, 0.1) is 0 Å². The van der Waals surface area contributed by atoms with Gasteiger partial charge in [-0.1, -0.05) is 262 Å². The van der Waals surface area contributed by atoms with Crippen molar-refractivity contribution < 1.29 is 42.9 Å². The highest BCUT2D eigenvalue weighted by atomic mass is 16.7. The lowest BCUT2D eigenvalue weighted by molar-refractivity contribution is -0.870. The van der Waals surface area contributed by atoms with Gasteiger partial charge in [-0.25, -0.2) is 4.79 Å². The van der Waals surface area contributed by atoms with Crippen molar-refractivity contribution >= 4 is 17.9 Å². The van der Waals surface area contributed by atoms with E-state index in [1.54, 1.807) is 0 Å². The van der Waals surface area contributed by atoms with Gasteiger partial charge in [0.2, 0.25) is 0 Å². The summed E-state index contributed by atoms with van der Waals surface area (Å²) in [6.07, 6.45) is 64.8. The first-order chi connectivity index (χ1) is 35.1. The molecule has 0 aliphatic heterocycles. The number of nitrogens with zero attached hydrogens (tertiary/aromatic N) is 1. The maximum Gasteiger partial charge on any atom is 0.361 e. The number of likely N-dealkylation sites (N-methyl/N-ethyl adjacent to an activating group) is 1.